The van der Waals surface area contributed by atoms with E-state index in [4.69, 9.17) is 0 Å². The second-order valence-corrected chi connectivity index (χ2v) is 6.14. The molecule has 0 fully saturated rings. The van der Waals surface area contributed by atoms with Gasteiger partial charge in [0.05, 0.1) is 0 Å². The average Bonchev–Trinajstić information content (AvgIpc) is 2.60. The molecule has 4 nitrogen and oxygen atoms in total. The van der Waals surface area contributed by atoms with Gasteiger partial charge in [-0.1, -0.05) is 32.0 Å². The smallest absolute Gasteiger partial charge is 0.191 e. The van der Waals surface area contributed by atoms with Crippen LogP contribution in [0.1, 0.15) is 45.6 Å². The van der Waals surface area contributed by atoms with Crippen molar-refractivity contribution in [2.45, 2.75) is 46.5 Å². The lowest BCUT2D eigenvalue weighted by atomic mass is 9.79. The van der Waals surface area contributed by atoms with E-state index in [1.807, 2.05) is 19.1 Å². The van der Waals surface area contributed by atoms with Crippen LogP contribution in [0.3, 0.4) is 0 Å². The van der Waals surface area contributed by atoms with Crippen LogP contribution in [-0.4, -0.2) is 37.3 Å². The van der Waals surface area contributed by atoms with Crippen LogP contribution in [0.2, 0.25) is 0 Å². The number of halogens is 1. The summed E-state index contributed by atoms with van der Waals surface area (Å²) in [5.74, 6) is 0.582. The maximum absolute atomic E-state index is 13.6. The third kappa shape index (κ3) is 6.48. The molecule has 0 unspecified atom stereocenters. The summed E-state index contributed by atoms with van der Waals surface area (Å²) in [6.07, 6.45) is 3.35. The Balaban J connectivity index is 2.63. The average molecular weight is 337 g/mol. The van der Waals surface area contributed by atoms with Crippen LogP contribution >= 0.6 is 0 Å². The van der Waals surface area contributed by atoms with Crippen molar-refractivity contribution >= 4 is 5.96 Å². The second kappa shape index (κ2) is 11.0. The molecule has 0 radical (unpaired) electrons. The summed E-state index contributed by atoms with van der Waals surface area (Å²) >= 11 is 0. The third-order valence-electron chi connectivity index (χ3n) is 4.70. The number of nitrogens with one attached hydrogen (secondary N) is 2. The minimum absolute atomic E-state index is 0.0443. The lowest BCUT2D eigenvalue weighted by molar-refractivity contribution is 0.175. The highest BCUT2D eigenvalue weighted by atomic mass is 19.1. The Morgan fingerprint density at radius 1 is 1.17 bits per heavy atom. The standard InChI is InChI=1S/C19H32FN3O/c1-4-19(5-2,12-14-24)15-23-18(21-6-3)22-13-11-16-9-7-8-10-17(16)20/h7-10,24H,4-6,11-15H2,1-3H3,(H2,21,22,23). The van der Waals surface area contributed by atoms with Crippen LogP contribution in [0.25, 0.3) is 0 Å². The fourth-order valence-corrected chi connectivity index (χ4v) is 2.75. The van der Waals surface area contributed by atoms with Crippen molar-refractivity contribution in [1.29, 1.82) is 0 Å². The molecule has 0 heterocycles. The maximum Gasteiger partial charge on any atom is 0.191 e. The van der Waals surface area contributed by atoms with Crippen LogP contribution in [0.15, 0.2) is 29.3 Å². The van der Waals surface area contributed by atoms with Gasteiger partial charge in [-0.25, -0.2) is 4.39 Å². The van der Waals surface area contributed by atoms with Crippen LogP contribution in [0.5, 0.6) is 0 Å². The number of hydrogen-bond donors (Lipinski definition) is 3. The van der Waals surface area contributed by atoms with Crippen molar-refractivity contribution in [3.8, 4) is 0 Å². The number of aliphatic hydroxyl groups is 1. The number of aliphatic hydroxyl groups excluding tert-OH is 1. The number of aliphatic imine (C=N–C) groups is 1. The molecule has 0 bridgehead atoms. The highest BCUT2D eigenvalue weighted by Crippen LogP contribution is 2.30. The SMILES string of the molecule is CCNC(=NCC(CC)(CC)CCO)NCCc1ccccc1F. The van der Waals surface area contributed by atoms with Gasteiger partial charge in [-0.3, -0.25) is 4.99 Å². The summed E-state index contributed by atoms with van der Waals surface area (Å²) in [6, 6.07) is 6.85. The summed E-state index contributed by atoms with van der Waals surface area (Å²) in [5, 5.41) is 15.8. The second-order valence-electron chi connectivity index (χ2n) is 6.14. The van der Waals surface area contributed by atoms with Crippen molar-refractivity contribution < 1.29 is 9.50 Å². The number of nitrogens with zero attached hydrogens (tertiary/aromatic N) is 1. The summed E-state index contributed by atoms with van der Waals surface area (Å²) in [5.41, 5.74) is 0.750. The highest BCUT2D eigenvalue weighted by Gasteiger charge is 2.25. The Bertz CT molecular complexity index is 501. The van der Waals surface area contributed by atoms with Gasteiger partial charge in [0, 0.05) is 26.2 Å². The van der Waals surface area contributed by atoms with Crippen molar-refractivity contribution in [2.75, 3.05) is 26.2 Å². The van der Waals surface area contributed by atoms with Gasteiger partial charge < -0.3 is 15.7 Å². The predicted molar refractivity (Wildman–Crippen MR) is 98.8 cm³/mol. The quantitative estimate of drug-likeness (QED) is 0.454. The molecule has 1 rings (SSSR count). The molecule has 0 atom stereocenters. The van der Waals surface area contributed by atoms with Crippen molar-refractivity contribution in [1.82, 2.24) is 10.6 Å². The van der Waals surface area contributed by atoms with E-state index in [1.54, 1.807) is 6.07 Å². The van der Waals surface area contributed by atoms with Gasteiger partial charge in [0.2, 0.25) is 0 Å². The molecule has 0 aliphatic rings. The first-order valence-electron chi connectivity index (χ1n) is 8.97. The van der Waals surface area contributed by atoms with Gasteiger partial charge in [0.1, 0.15) is 5.82 Å². The van der Waals surface area contributed by atoms with Crippen molar-refractivity contribution in [3.05, 3.63) is 35.6 Å². The summed E-state index contributed by atoms with van der Waals surface area (Å²) in [6.45, 7) is 8.58. The van der Waals surface area contributed by atoms with Crippen LogP contribution in [-0.2, 0) is 6.42 Å². The van der Waals surface area contributed by atoms with E-state index in [0.717, 1.165) is 31.8 Å². The molecule has 5 heteroatoms. The molecule has 0 aliphatic carbocycles. The monoisotopic (exact) mass is 337 g/mol. The van der Waals surface area contributed by atoms with E-state index in [9.17, 15) is 9.50 Å². The van der Waals surface area contributed by atoms with E-state index in [-0.39, 0.29) is 17.8 Å². The van der Waals surface area contributed by atoms with Gasteiger partial charge in [0.15, 0.2) is 5.96 Å². The van der Waals surface area contributed by atoms with E-state index >= 15 is 0 Å². The Morgan fingerprint density at radius 3 is 2.46 bits per heavy atom. The minimum atomic E-state index is -0.167. The van der Waals surface area contributed by atoms with Crippen LogP contribution in [0, 0.1) is 11.2 Å². The largest absolute Gasteiger partial charge is 0.396 e. The zero-order valence-corrected chi connectivity index (χ0v) is 15.2. The zero-order valence-electron chi connectivity index (χ0n) is 15.2. The highest BCUT2D eigenvalue weighted by molar-refractivity contribution is 5.79. The minimum Gasteiger partial charge on any atom is -0.396 e. The van der Waals surface area contributed by atoms with Crippen molar-refractivity contribution in [2.24, 2.45) is 10.4 Å². The van der Waals surface area contributed by atoms with E-state index < -0.39 is 0 Å². The van der Waals surface area contributed by atoms with E-state index in [1.165, 1.54) is 6.07 Å². The summed E-state index contributed by atoms with van der Waals surface area (Å²) in [7, 11) is 0. The number of guanidine groups is 1. The molecular weight excluding hydrogens is 305 g/mol. The molecule has 0 aromatic heterocycles. The normalized spacial score (nSPS) is 12.3. The maximum atomic E-state index is 13.6. The van der Waals surface area contributed by atoms with Gasteiger partial charge >= 0.3 is 0 Å². The van der Waals surface area contributed by atoms with Gasteiger partial charge in [-0.15, -0.1) is 0 Å². The van der Waals surface area contributed by atoms with Crippen molar-refractivity contribution in [3.63, 3.8) is 0 Å². The fourth-order valence-electron chi connectivity index (χ4n) is 2.75. The van der Waals surface area contributed by atoms with Gasteiger partial charge in [0.25, 0.3) is 0 Å². The first-order chi connectivity index (χ1) is 11.6. The molecular formula is C19H32FN3O. The predicted octanol–water partition coefficient (Wildman–Crippen LogP) is 3.11. The summed E-state index contributed by atoms with van der Waals surface area (Å²) in [4.78, 5) is 4.69. The fraction of sp³-hybridized carbons (Fsp3) is 0.632. The molecule has 0 amide bonds. The van der Waals surface area contributed by atoms with Crippen LogP contribution in [0.4, 0.5) is 4.39 Å². The number of hydrogen-bond acceptors (Lipinski definition) is 2. The summed E-state index contributed by atoms with van der Waals surface area (Å²) < 4.78 is 13.6. The van der Waals surface area contributed by atoms with E-state index in [0.29, 0.717) is 25.1 Å². The Labute approximate surface area is 145 Å². The molecule has 0 aliphatic heterocycles. The van der Waals surface area contributed by atoms with Gasteiger partial charge in [-0.05, 0) is 49.7 Å². The van der Waals surface area contributed by atoms with Crippen LogP contribution < -0.4 is 10.6 Å². The molecule has 0 spiro atoms. The molecule has 136 valence electrons. The molecule has 24 heavy (non-hydrogen) atoms. The zero-order chi connectivity index (χ0) is 17.8. The number of rotatable bonds is 10. The molecule has 1 aromatic rings. The lowest BCUT2D eigenvalue weighted by Crippen LogP contribution is -2.39. The molecule has 3 N–H and O–H groups in total. The van der Waals surface area contributed by atoms with Gasteiger partial charge in [-0.2, -0.15) is 0 Å². The first-order valence-corrected chi connectivity index (χ1v) is 8.97. The molecule has 0 saturated heterocycles. The third-order valence-corrected chi connectivity index (χ3v) is 4.70. The molecule has 1 aromatic carbocycles. The Hall–Kier alpha value is -1.62. The Morgan fingerprint density at radius 2 is 1.88 bits per heavy atom. The molecule has 0 saturated carbocycles. The van der Waals surface area contributed by atoms with E-state index in [2.05, 4.69) is 29.5 Å². The Kier molecular flexibility index (Phi) is 9.38. The number of benzene rings is 1. The topological polar surface area (TPSA) is 56.7 Å². The lowest BCUT2D eigenvalue weighted by Gasteiger charge is -2.29. The first kappa shape index (κ1) is 20.4.